The molecule has 0 unspecified atom stereocenters. The SMILES string of the molecule is Cc1cc(C(=O)NCC#N)sn1. The van der Waals surface area contributed by atoms with E-state index in [-0.39, 0.29) is 12.5 Å². The molecule has 0 atom stereocenters. The fourth-order valence-corrected chi connectivity index (χ4v) is 1.35. The molecular weight excluding hydrogens is 174 g/mol. The highest BCUT2D eigenvalue weighted by atomic mass is 32.1. The molecule has 0 fully saturated rings. The largest absolute Gasteiger partial charge is 0.338 e. The minimum absolute atomic E-state index is 0.0375. The lowest BCUT2D eigenvalue weighted by Crippen LogP contribution is -2.22. The number of aromatic nitrogens is 1. The molecule has 0 radical (unpaired) electrons. The second-order valence-electron chi connectivity index (χ2n) is 2.17. The number of nitrogens with zero attached hydrogens (tertiary/aromatic N) is 2. The van der Waals surface area contributed by atoms with Gasteiger partial charge in [-0.2, -0.15) is 9.64 Å². The highest BCUT2D eigenvalue weighted by Gasteiger charge is 2.07. The first-order chi connectivity index (χ1) is 5.74. The number of hydrogen-bond acceptors (Lipinski definition) is 4. The third-order valence-electron chi connectivity index (χ3n) is 1.18. The normalized spacial score (nSPS) is 9.00. The molecule has 0 aliphatic carbocycles. The summed E-state index contributed by atoms with van der Waals surface area (Å²) in [7, 11) is 0. The zero-order valence-corrected chi connectivity index (χ0v) is 7.31. The van der Waals surface area contributed by atoms with Crippen LogP contribution >= 0.6 is 11.5 Å². The molecular formula is C7H7N3OS. The molecule has 1 aromatic heterocycles. The van der Waals surface area contributed by atoms with Crippen molar-refractivity contribution in [1.82, 2.24) is 9.69 Å². The molecule has 0 saturated carbocycles. The van der Waals surface area contributed by atoms with Crippen LogP contribution in [-0.4, -0.2) is 16.8 Å². The Hall–Kier alpha value is -1.41. The lowest BCUT2D eigenvalue weighted by atomic mass is 10.4. The van der Waals surface area contributed by atoms with Crippen molar-refractivity contribution in [2.45, 2.75) is 6.92 Å². The molecule has 5 heteroatoms. The lowest BCUT2D eigenvalue weighted by Gasteiger charge is -1.93. The van der Waals surface area contributed by atoms with Gasteiger partial charge in [-0.1, -0.05) is 0 Å². The molecule has 1 N–H and O–H groups in total. The van der Waals surface area contributed by atoms with Crippen molar-refractivity contribution in [2.75, 3.05) is 6.54 Å². The predicted octanol–water partition coefficient (Wildman–Crippen LogP) is 0.705. The van der Waals surface area contributed by atoms with Gasteiger partial charge >= 0.3 is 0 Å². The van der Waals surface area contributed by atoms with Gasteiger partial charge in [0, 0.05) is 0 Å². The Bertz CT molecular complexity index is 326. The van der Waals surface area contributed by atoms with Crippen LogP contribution in [0.25, 0.3) is 0 Å². The minimum atomic E-state index is -0.234. The predicted molar refractivity (Wildman–Crippen MR) is 44.8 cm³/mol. The monoisotopic (exact) mass is 181 g/mol. The number of nitriles is 1. The maximum atomic E-state index is 11.1. The fourth-order valence-electron chi connectivity index (χ4n) is 0.678. The highest BCUT2D eigenvalue weighted by Crippen LogP contribution is 2.07. The molecule has 0 bridgehead atoms. The zero-order valence-electron chi connectivity index (χ0n) is 6.50. The van der Waals surface area contributed by atoms with E-state index in [0.29, 0.717) is 4.88 Å². The summed E-state index contributed by atoms with van der Waals surface area (Å²) in [5.41, 5.74) is 0.821. The summed E-state index contributed by atoms with van der Waals surface area (Å²) in [6.07, 6.45) is 0. The first-order valence-electron chi connectivity index (χ1n) is 3.32. The standard InChI is InChI=1S/C7H7N3OS/c1-5-4-6(12-10-5)7(11)9-3-2-8/h4H,3H2,1H3,(H,9,11). The van der Waals surface area contributed by atoms with Crippen molar-refractivity contribution >= 4 is 17.4 Å². The molecule has 0 aromatic carbocycles. The van der Waals surface area contributed by atoms with Crippen molar-refractivity contribution in [3.8, 4) is 6.07 Å². The molecule has 4 nitrogen and oxygen atoms in total. The summed E-state index contributed by atoms with van der Waals surface area (Å²) < 4.78 is 3.94. The Labute approximate surface area is 74.0 Å². The Morgan fingerprint density at radius 3 is 3.17 bits per heavy atom. The van der Waals surface area contributed by atoms with Gasteiger partial charge in [0.05, 0.1) is 11.8 Å². The third-order valence-corrected chi connectivity index (χ3v) is 2.06. The van der Waals surface area contributed by atoms with Crippen LogP contribution < -0.4 is 5.32 Å². The topological polar surface area (TPSA) is 65.8 Å². The summed E-state index contributed by atoms with van der Waals surface area (Å²) in [5, 5.41) is 10.6. The first kappa shape index (κ1) is 8.68. The lowest BCUT2D eigenvalue weighted by molar-refractivity contribution is 0.0962. The molecule has 0 aliphatic heterocycles. The van der Waals surface area contributed by atoms with Crippen molar-refractivity contribution < 1.29 is 4.79 Å². The third kappa shape index (κ3) is 2.04. The summed E-state index contributed by atoms with van der Waals surface area (Å²) in [5.74, 6) is -0.234. The molecule has 0 saturated heterocycles. The Morgan fingerprint density at radius 1 is 1.92 bits per heavy atom. The van der Waals surface area contributed by atoms with Gasteiger partial charge in [0.1, 0.15) is 11.4 Å². The van der Waals surface area contributed by atoms with E-state index in [9.17, 15) is 4.79 Å². The van der Waals surface area contributed by atoms with E-state index in [2.05, 4.69) is 9.69 Å². The van der Waals surface area contributed by atoms with Gasteiger partial charge in [-0.25, -0.2) is 0 Å². The van der Waals surface area contributed by atoms with E-state index in [0.717, 1.165) is 17.2 Å². The average Bonchev–Trinajstić information content (AvgIpc) is 2.47. The van der Waals surface area contributed by atoms with E-state index in [1.54, 1.807) is 6.07 Å². The number of aryl methyl sites for hydroxylation is 1. The molecule has 1 heterocycles. The molecule has 1 amide bonds. The van der Waals surface area contributed by atoms with E-state index in [4.69, 9.17) is 5.26 Å². The Morgan fingerprint density at radius 2 is 2.67 bits per heavy atom. The van der Waals surface area contributed by atoms with Crippen molar-refractivity contribution in [2.24, 2.45) is 0 Å². The average molecular weight is 181 g/mol. The number of carbonyl (C=O) groups is 1. The summed E-state index contributed by atoms with van der Waals surface area (Å²) in [4.78, 5) is 11.7. The Balaban J connectivity index is 2.61. The molecule has 1 aromatic rings. The van der Waals surface area contributed by atoms with Crippen molar-refractivity contribution in [3.63, 3.8) is 0 Å². The van der Waals surface area contributed by atoms with E-state index in [1.807, 2.05) is 13.0 Å². The van der Waals surface area contributed by atoms with E-state index >= 15 is 0 Å². The van der Waals surface area contributed by atoms with Crippen LogP contribution in [0.3, 0.4) is 0 Å². The van der Waals surface area contributed by atoms with E-state index in [1.165, 1.54) is 0 Å². The maximum Gasteiger partial charge on any atom is 0.263 e. The molecule has 12 heavy (non-hydrogen) atoms. The number of nitrogens with one attached hydrogen (secondary N) is 1. The summed E-state index contributed by atoms with van der Waals surface area (Å²) in [6.45, 7) is 1.85. The molecule has 62 valence electrons. The van der Waals surface area contributed by atoms with Crippen LogP contribution in [0.5, 0.6) is 0 Å². The summed E-state index contributed by atoms with van der Waals surface area (Å²) >= 11 is 1.14. The van der Waals surface area contributed by atoms with Gasteiger partial charge in [-0.3, -0.25) is 4.79 Å². The Kier molecular flexibility index (Phi) is 2.77. The van der Waals surface area contributed by atoms with Gasteiger partial charge in [0.2, 0.25) is 0 Å². The molecule has 1 rings (SSSR count). The van der Waals surface area contributed by atoms with Crippen LogP contribution in [0.2, 0.25) is 0 Å². The number of amides is 1. The molecule has 0 aliphatic rings. The van der Waals surface area contributed by atoms with Crippen LogP contribution in [-0.2, 0) is 0 Å². The number of carbonyl (C=O) groups excluding carboxylic acids is 1. The first-order valence-corrected chi connectivity index (χ1v) is 4.10. The molecule has 0 spiro atoms. The quantitative estimate of drug-likeness (QED) is 0.683. The smallest absolute Gasteiger partial charge is 0.263 e. The van der Waals surface area contributed by atoms with Gasteiger partial charge in [-0.15, -0.1) is 0 Å². The second kappa shape index (κ2) is 3.83. The van der Waals surface area contributed by atoms with Crippen LogP contribution in [0, 0.1) is 18.3 Å². The highest BCUT2D eigenvalue weighted by molar-refractivity contribution is 7.08. The summed E-state index contributed by atoms with van der Waals surface area (Å²) in [6, 6.07) is 3.52. The second-order valence-corrected chi connectivity index (χ2v) is 2.98. The van der Waals surface area contributed by atoms with Crippen LogP contribution in [0.15, 0.2) is 6.07 Å². The maximum absolute atomic E-state index is 11.1. The van der Waals surface area contributed by atoms with E-state index < -0.39 is 0 Å². The van der Waals surface area contributed by atoms with Gasteiger partial charge in [0.25, 0.3) is 5.91 Å². The van der Waals surface area contributed by atoms with Crippen LogP contribution in [0.4, 0.5) is 0 Å². The van der Waals surface area contributed by atoms with Gasteiger partial charge in [0.15, 0.2) is 0 Å². The van der Waals surface area contributed by atoms with Gasteiger partial charge in [-0.05, 0) is 24.5 Å². The van der Waals surface area contributed by atoms with Crippen LogP contribution in [0.1, 0.15) is 15.4 Å². The minimum Gasteiger partial charge on any atom is -0.338 e. The number of rotatable bonds is 2. The fraction of sp³-hybridized carbons (Fsp3) is 0.286. The van der Waals surface area contributed by atoms with Crippen molar-refractivity contribution in [3.05, 3.63) is 16.6 Å². The zero-order chi connectivity index (χ0) is 8.97. The van der Waals surface area contributed by atoms with Gasteiger partial charge < -0.3 is 5.32 Å². The van der Waals surface area contributed by atoms with Crippen molar-refractivity contribution in [1.29, 1.82) is 5.26 Å². The number of hydrogen-bond donors (Lipinski definition) is 1.